The number of benzene rings is 2. The monoisotopic (exact) mass is 552 g/mol. The van der Waals surface area contributed by atoms with Gasteiger partial charge in [-0.05, 0) is 30.3 Å². The first kappa shape index (κ1) is 23.6. The maximum absolute atomic E-state index is 12.9. The minimum atomic E-state index is -4.23. The molecule has 0 unspecified atom stereocenters. The molecule has 0 bridgehead atoms. The average Bonchev–Trinajstić information content (AvgIpc) is 2.61. The van der Waals surface area contributed by atoms with E-state index < -0.39 is 36.8 Å². The number of phenolic OH excluding ortho intramolecular Hbond substituents is 1. The Hall–Kier alpha value is -2.02. The van der Waals surface area contributed by atoms with Crippen LogP contribution in [0.1, 0.15) is 10.4 Å². The second kappa shape index (κ2) is 8.49. The number of amides is 1. The molecule has 1 fully saturated rings. The molecular weight excluding hydrogens is 536 g/mol. The van der Waals surface area contributed by atoms with Crippen LogP contribution in [0.5, 0.6) is 11.5 Å². The molecule has 1 saturated heterocycles. The first-order chi connectivity index (χ1) is 14.3. The van der Waals surface area contributed by atoms with E-state index in [1.807, 2.05) is 0 Å². The summed E-state index contributed by atoms with van der Waals surface area (Å²) in [5, 5.41) is 9.90. The fourth-order valence-corrected chi connectivity index (χ4v) is 5.83. The summed E-state index contributed by atoms with van der Waals surface area (Å²) >= 11 is 9.24. The molecule has 1 amide bonds. The van der Waals surface area contributed by atoms with Crippen molar-refractivity contribution < 1.29 is 31.5 Å². The summed E-state index contributed by atoms with van der Waals surface area (Å²) in [7, 11) is -6.21. The van der Waals surface area contributed by atoms with Crippen molar-refractivity contribution in [2.24, 2.45) is 0 Å². The number of ether oxygens (including phenoxy) is 1. The highest BCUT2D eigenvalue weighted by atomic mass is 79.9. The van der Waals surface area contributed by atoms with E-state index in [1.54, 1.807) is 6.07 Å². The molecule has 0 atom stereocenters. The van der Waals surface area contributed by atoms with Crippen molar-refractivity contribution >= 4 is 59.0 Å². The van der Waals surface area contributed by atoms with E-state index in [0.717, 1.165) is 12.3 Å². The van der Waals surface area contributed by atoms with Crippen LogP contribution in [0.25, 0.3) is 0 Å². The van der Waals surface area contributed by atoms with Gasteiger partial charge in [-0.2, -0.15) is 0 Å². The van der Waals surface area contributed by atoms with Gasteiger partial charge in [0.15, 0.2) is 15.6 Å². The predicted molar refractivity (Wildman–Crippen MR) is 119 cm³/mol. The second-order valence-electron chi connectivity index (χ2n) is 6.91. The molecule has 1 aliphatic rings. The zero-order valence-electron chi connectivity index (χ0n) is 16.3. The molecule has 0 aliphatic carbocycles. The zero-order chi connectivity index (χ0) is 23.1. The highest BCUT2D eigenvalue weighted by Crippen LogP contribution is 2.36. The minimum absolute atomic E-state index is 0.000226. The predicted octanol–water partition coefficient (Wildman–Crippen LogP) is 2.49. The largest absolute Gasteiger partial charge is 0.505 e. The lowest BCUT2D eigenvalue weighted by molar-refractivity contribution is 0.0656. The number of sulfone groups is 1. The van der Waals surface area contributed by atoms with Crippen LogP contribution in [0.3, 0.4) is 0 Å². The van der Waals surface area contributed by atoms with Crippen molar-refractivity contribution in [2.75, 3.05) is 31.2 Å². The Kier molecular flexibility index (Phi) is 6.47. The van der Waals surface area contributed by atoms with Gasteiger partial charge in [-0.15, -0.1) is 0 Å². The van der Waals surface area contributed by atoms with Gasteiger partial charge in [0.2, 0.25) is 0 Å². The third-order valence-electron chi connectivity index (χ3n) is 4.71. The van der Waals surface area contributed by atoms with E-state index in [-0.39, 0.29) is 40.0 Å². The summed E-state index contributed by atoms with van der Waals surface area (Å²) < 4.78 is 56.7. The summed E-state index contributed by atoms with van der Waals surface area (Å²) in [6, 6.07) is 6.71. The van der Waals surface area contributed by atoms with Crippen molar-refractivity contribution in [3.63, 3.8) is 0 Å². The number of carbonyl (C=O) groups is 1. The first-order valence-corrected chi connectivity index (χ1v) is 13.3. The number of phenols is 1. The Morgan fingerprint density at radius 1 is 1.23 bits per heavy atom. The van der Waals surface area contributed by atoms with Gasteiger partial charge < -0.3 is 14.7 Å². The first-order valence-electron chi connectivity index (χ1n) is 8.70. The number of nitrogens with zero attached hydrogens (tertiary/aromatic N) is 1. The van der Waals surface area contributed by atoms with Gasteiger partial charge in [0.05, 0.1) is 23.6 Å². The Morgan fingerprint density at radius 2 is 1.87 bits per heavy atom. The number of halogens is 2. The van der Waals surface area contributed by atoms with E-state index in [4.69, 9.17) is 16.3 Å². The molecule has 3 rings (SSSR count). The Balaban J connectivity index is 1.93. The Bertz CT molecular complexity index is 1260. The van der Waals surface area contributed by atoms with E-state index in [9.17, 15) is 26.7 Å². The smallest absolute Gasteiger partial charge is 0.265 e. The van der Waals surface area contributed by atoms with E-state index in [2.05, 4.69) is 20.7 Å². The number of methoxy groups -OCH3 is 1. The minimum Gasteiger partial charge on any atom is -0.505 e. The number of hydrogen-bond donors (Lipinski definition) is 2. The molecule has 13 heteroatoms. The van der Waals surface area contributed by atoms with Crippen molar-refractivity contribution in [1.29, 1.82) is 0 Å². The highest BCUT2D eigenvalue weighted by Gasteiger charge is 2.38. The van der Waals surface area contributed by atoms with Crippen molar-refractivity contribution in [3.8, 4) is 11.5 Å². The number of hydrogen-bond acceptors (Lipinski definition) is 7. The molecule has 168 valence electrons. The van der Waals surface area contributed by atoms with Crippen LogP contribution in [0.2, 0.25) is 5.02 Å². The number of carbonyl (C=O) groups excluding carboxylic acids is 1. The summed E-state index contributed by atoms with van der Waals surface area (Å²) in [6.07, 6.45) is 1.08. The molecule has 2 aromatic carbocycles. The lowest BCUT2D eigenvalue weighted by Crippen LogP contribution is -2.56. The molecule has 1 heterocycles. The standard InChI is InChI=1S/C18H18BrClN2O7S2/c1-29-15-4-3-10(19)5-16(15)31(27,28)21-14-7-11(20)6-13(17(14)23)18(24)22-8-12(9-22)30(2,25)26/h3-7,12,21,23H,8-9H2,1-2H3. The highest BCUT2D eigenvalue weighted by molar-refractivity contribution is 9.10. The molecular formula is C18H18BrClN2O7S2. The van der Waals surface area contributed by atoms with E-state index in [0.29, 0.717) is 4.47 Å². The van der Waals surface area contributed by atoms with Crippen LogP contribution in [-0.2, 0) is 19.9 Å². The molecule has 0 radical (unpaired) electrons. The van der Waals surface area contributed by atoms with Crippen molar-refractivity contribution in [3.05, 3.63) is 45.4 Å². The molecule has 0 aromatic heterocycles. The molecule has 2 N–H and O–H groups in total. The number of nitrogens with one attached hydrogen (secondary N) is 1. The number of sulfonamides is 1. The molecule has 31 heavy (non-hydrogen) atoms. The summed E-state index contributed by atoms with van der Waals surface area (Å²) in [4.78, 5) is 13.7. The van der Waals surface area contributed by atoms with Crippen LogP contribution in [-0.4, -0.2) is 64.5 Å². The fourth-order valence-electron chi connectivity index (χ4n) is 2.95. The summed E-state index contributed by atoms with van der Waals surface area (Å²) in [5.74, 6) is -1.23. The van der Waals surface area contributed by atoms with E-state index >= 15 is 0 Å². The van der Waals surface area contributed by atoms with Gasteiger partial charge in [-0.1, -0.05) is 27.5 Å². The van der Waals surface area contributed by atoms with Crippen LogP contribution < -0.4 is 9.46 Å². The van der Waals surface area contributed by atoms with Gasteiger partial charge in [0, 0.05) is 28.8 Å². The lowest BCUT2D eigenvalue weighted by atomic mass is 10.1. The fraction of sp³-hybridized carbons (Fsp3) is 0.278. The van der Waals surface area contributed by atoms with Gasteiger partial charge in [-0.25, -0.2) is 16.8 Å². The lowest BCUT2D eigenvalue weighted by Gasteiger charge is -2.38. The zero-order valence-corrected chi connectivity index (χ0v) is 20.3. The van der Waals surface area contributed by atoms with Gasteiger partial charge in [0.1, 0.15) is 10.6 Å². The molecule has 1 aliphatic heterocycles. The maximum atomic E-state index is 12.9. The summed E-state index contributed by atoms with van der Waals surface area (Å²) in [5.41, 5.74) is -0.559. The Labute approximate surface area is 193 Å². The third kappa shape index (κ3) is 4.92. The SMILES string of the molecule is COc1ccc(Br)cc1S(=O)(=O)Nc1cc(Cl)cc(C(=O)N2CC(S(C)(=O)=O)C2)c1O. The van der Waals surface area contributed by atoms with Gasteiger partial charge in [0.25, 0.3) is 15.9 Å². The van der Waals surface area contributed by atoms with Crippen molar-refractivity contribution in [2.45, 2.75) is 10.1 Å². The van der Waals surface area contributed by atoms with Crippen LogP contribution in [0, 0.1) is 0 Å². The number of aromatic hydroxyl groups is 1. The third-order valence-corrected chi connectivity index (χ3v) is 8.31. The Morgan fingerprint density at radius 3 is 2.45 bits per heavy atom. The quantitative estimate of drug-likeness (QED) is 0.526. The second-order valence-corrected chi connectivity index (χ2v) is 12.2. The molecule has 2 aromatic rings. The number of anilines is 1. The van der Waals surface area contributed by atoms with Crippen LogP contribution in [0.4, 0.5) is 5.69 Å². The van der Waals surface area contributed by atoms with Gasteiger partial charge >= 0.3 is 0 Å². The van der Waals surface area contributed by atoms with Crippen LogP contribution >= 0.6 is 27.5 Å². The number of likely N-dealkylation sites (tertiary alicyclic amines) is 1. The molecule has 0 spiro atoms. The molecule has 9 nitrogen and oxygen atoms in total. The summed E-state index contributed by atoms with van der Waals surface area (Å²) in [6.45, 7) is -0.0557. The van der Waals surface area contributed by atoms with Crippen molar-refractivity contribution in [1.82, 2.24) is 4.90 Å². The average molecular weight is 554 g/mol. The number of rotatable bonds is 6. The van der Waals surface area contributed by atoms with Gasteiger partial charge in [-0.3, -0.25) is 9.52 Å². The normalized spacial score (nSPS) is 14.8. The van der Waals surface area contributed by atoms with Crippen LogP contribution in [0.15, 0.2) is 39.7 Å². The topological polar surface area (TPSA) is 130 Å². The maximum Gasteiger partial charge on any atom is 0.265 e. The van der Waals surface area contributed by atoms with E-state index in [1.165, 1.54) is 30.2 Å². The molecule has 0 saturated carbocycles.